The number of aliphatic hydroxyl groups excluding tert-OH is 1. The van der Waals surface area contributed by atoms with E-state index < -0.39 is 17.5 Å². The van der Waals surface area contributed by atoms with Gasteiger partial charge in [0.2, 0.25) is 0 Å². The van der Waals surface area contributed by atoms with Gasteiger partial charge < -0.3 is 24.2 Å². The molecular formula is C32H31FN4O5S. The summed E-state index contributed by atoms with van der Waals surface area (Å²) in [6.45, 7) is 0.875. The Labute approximate surface area is 251 Å². The van der Waals surface area contributed by atoms with Crippen LogP contribution < -0.4 is 24.7 Å². The lowest BCUT2D eigenvalue weighted by molar-refractivity contribution is 0.0861. The maximum atomic E-state index is 15.1. The lowest BCUT2D eigenvalue weighted by Gasteiger charge is -2.28. The number of benzene rings is 3. The Bertz CT molecular complexity index is 1790. The smallest absolute Gasteiger partial charge is 0.281 e. The first-order valence-corrected chi connectivity index (χ1v) is 14.8. The first kappa shape index (κ1) is 28.6. The molecule has 0 aliphatic carbocycles. The first-order chi connectivity index (χ1) is 21.0. The zero-order chi connectivity index (χ0) is 29.9. The van der Waals surface area contributed by atoms with Gasteiger partial charge in [-0.2, -0.15) is 0 Å². The van der Waals surface area contributed by atoms with Gasteiger partial charge in [0.1, 0.15) is 41.6 Å². The Kier molecular flexibility index (Phi) is 8.26. The third-order valence-corrected chi connectivity index (χ3v) is 8.59. The van der Waals surface area contributed by atoms with Crippen molar-refractivity contribution in [2.24, 2.45) is 0 Å². The Morgan fingerprint density at radius 2 is 1.81 bits per heavy atom. The molecule has 9 nitrogen and oxygen atoms in total. The number of fused-ring (bicyclic) bond motifs is 1. The molecule has 0 radical (unpaired) electrons. The third kappa shape index (κ3) is 5.78. The van der Waals surface area contributed by atoms with Crippen LogP contribution in [0.1, 0.15) is 18.4 Å². The van der Waals surface area contributed by atoms with Crippen molar-refractivity contribution in [3.63, 3.8) is 0 Å². The zero-order valence-electron chi connectivity index (χ0n) is 23.8. The number of rotatable bonds is 10. The number of nitrogens with zero attached hydrogens (tertiary/aromatic N) is 4. The highest BCUT2D eigenvalue weighted by Crippen LogP contribution is 2.35. The minimum Gasteiger partial charge on any atom is -0.497 e. The van der Waals surface area contributed by atoms with E-state index in [1.165, 1.54) is 22.0 Å². The quantitative estimate of drug-likeness (QED) is 0.235. The van der Waals surface area contributed by atoms with E-state index in [9.17, 15) is 9.90 Å². The van der Waals surface area contributed by atoms with Crippen LogP contribution in [-0.2, 0) is 6.54 Å². The molecule has 0 amide bonds. The number of para-hydroxylation sites is 1. The van der Waals surface area contributed by atoms with Crippen LogP contribution in [0.3, 0.4) is 0 Å². The van der Waals surface area contributed by atoms with Crippen molar-refractivity contribution >= 4 is 26.8 Å². The summed E-state index contributed by atoms with van der Waals surface area (Å²) < 4.78 is 33.2. The zero-order valence-corrected chi connectivity index (χ0v) is 24.6. The SMILES string of the molecule is COc1ccc(Cn2c(-c3ccccc3F)nc3sc(N4CCC[C@@H]4C(O)COc4ccccc4)nc3c2=O)c(OC)c1. The van der Waals surface area contributed by atoms with Gasteiger partial charge in [-0.1, -0.05) is 41.7 Å². The maximum Gasteiger partial charge on any atom is 0.281 e. The summed E-state index contributed by atoms with van der Waals surface area (Å²) in [4.78, 5) is 26.0. The van der Waals surface area contributed by atoms with Crippen LogP contribution in [-0.4, -0.2) is 59.2 Å². The van der Waals surface area contributed by atoms with Crippen LogP contribution in [0.5, 0.6) is 17.2 Å². The third-order valence-electron chi connectivity index (χ3n) is 7.60. The topological polar surface area (TPSA) is 98.9 Å². The Morgan fingerprint density at radius 1 is 1.02 bits per heavy atom. The summed E-state index contributed by atoms with van der Waals surface area (Å²) in [5, 5.41) is 11.6. The molecule has 6 rings (SSSR count). The highest BCUT2D eigenvalue weighted by molar-refractivity contribution is 7.21. The predicted octanol–water partition coefficient (Wildman–Crippen LogP) is 5.13. The molecule has 3 heterocycles. The molecule has 0 bridgehead atoms. The van der Waals surface area contributed by atoms with E-state index in [0.29, 0.717) is 39.3 Å². The van der Waals surface area contributed by atoms with Crippen molar-refractivity contribution in [1.82, 2.24) is 14.5 Å². The summed E-state index contributed by atoms with van der Waals surface area (Å²) in [7, 11) is 3.10. The van der Waals surface area contributed by atoms with Crippen molar-refractivity contribution in [3.05, 3.63) is 94.5 Å². The van der Waals surface area contributed by atoms with E-state index >= 15 is 4.39 Å². The number of hydrogen-bond acceptors (Lipinski definition) is 9. The molecular weight excluding hydrogens is 571 g/mol. The van der Waals surface area contributed by atoms with Crippen molar-refractivity contribution < 1.29 is 23.7 Å². The van der Waals surface area contributed by atoms with Gasteiger partial charge in [0.15, 0.2) is 15.5 Å². The van der Waals surface area contributed by atoms with Crippen molar-refractivity contribution in [3.8, 4) is 28.6 Å². The number of anilines is 1. The summed E-state index contributed by atoms with van der Waals surface area (Å²) in [6.07, 6.45) is 0.846. The molecule has 1 aliphatic heterocycles. The van der Waals surface area contributed by atoms with Crippen LogP contribution in [0, 0.1) is 5.82 Å². The van der Waals surface area contributed by atoms with Gasteiger partial charge in [0.05, 0.1) is 32.4 Å². The van der Waals surface area contributed by atoms with E-state index in [2.05, 4.69) is 0 Å². The largest absolute Gasteiger partial charge is 0.497 e. The molecule has 2 aromatic heterocycles. The van der Waals surface area contributed by atoms with Gasteiger partial charge in [-0.05, 0) is 49.2 Å². The molecule has 2 atom stereocenters. The molecule has 1 unspecified atom stereocenters. The fourth-order valence-corrected chi connectivity index (χ4v) is 6.42. The van der Waals surface area contributed by atoms with Crippen LogP contribution in [0.25, 0.3) is 21.7 Å². The van der Waals surface area contributed by atoms with Gasteiger partial charge in [-0.15, -0.1) is 0 Å². The second-order valence-corrected chi connectivity index (χ2v) is 11.2. The van der Waals surface area contributed by atoms with Gasteiger partial charge in [0, 0.05) is 18.2 Å². The molecule has 11 heteroatoms. The monoisotopic (exact) mass is 602 g/mol. The van der Waals surface area contributed by atoms with Crippen molar-refractivity contribution in [2.75, 3.05) is 32.3 Å². The lowest BCUT2D eigenvalue weighted by Crippen LogP contribution is -2.42. The first-order valence-electron chi connectivity index (χ1n) is 14.0. The molecule has 1 N–H and O–H groups in total. The van der Waals surface area contributed by atoms with Crippen molar-refractivity contribution in [1.29, 1.82) is 0 Å². The molecule has 0 saturated carbocycles. The number of aromatic nitrogens is 3. The maximum absolute atomic E-state index is 15.1. The molecule has 1 saturated heterocycles. The lowest BCUT2D eigenvalue weighted by atomic mass is 10.1. The number of ether oxygens (including phenoxy) is 3. The van der Waals surface area contributed by atoms with Gasteiger partial charge in [0.25, 0.3) is 5.56 Å². The van der Waals surface area contributed by atoms with Gasteiger partial charge >= 0.3 is 0 Å². The molecule has 3 aromatic carbocycles. The second kappa shape index (κ2) is 12.4. The minimum absolute atomic E-state index is 0.0767. The highest BCUT2D eigenvalue weighted by Gasteiger charge is 2.34. The van der Waals surface area contributed by atoms with E-state index in [-0.39, 0.29) is 36.1 Å². The summed E-state index contributed by atoms with van der Waals surface area (Å²) >= 11 is 1.26. The fraction of sp³-hybridized carbons (Fsp3) is 0.281. The molecule has 5 aromatic rings. The molecule has 222 valence electrons. The van der Waals surface area contributed by atoms with E-state index in [4.69, 9.17) is 24.2 Å². The van der Waals surface area contributed by atoms with Crippen LogP contribution in [0.2, 0.25) is 0 Å². The molecule has 1 fully saturated rings. The normalized spacial score (nSPS) is 15.5. The van der Waals surface area contributed by atoms with Crippen LogP contribution in [0.4, 0.5) is 9.52 Å². The number of aliphatic hydroxyl groups is 1. The summed E-state index contributed by atoms with van der Waals surface area (Å²) in [5.74, 6) is 1.52. The minimum atomic E-state index is -0.768. The summed E-state index contributed by atoms with van der Waals surface area (Å²) in [5.41, 5.74) is 0.692. The average molecular weight is 603 g/mol. The Morgan fingerprint density at radius 3 is 2.58 bits per heavy atom. The number of thiazole rings is 1. The molecule has 0 spiro atoms. The van der Waals surface area contributed by atoms with E-state index in [0.717, 1.165) is 12.8 Å². The Balaban J connectivity index is 1.38. The predicted molar refractivity (Wildman–Crippen MR) is 164 cm³/mol. The number of methoxy groups -OCH3 is 2. The van der Waals surface area contributed by atoms with E-state index in [1.54, 1.807) is 50.6 Å². The second-order valence-electron chi connectivity index (χ2n) is 10.2. The average Bonchev–Trinajstić information content (AvgIpc) is 3.70. The fourth-order valence-electron chi connectivity index (χ4n) is 5.41. The molecule has 43 heavy (non-hydrogen) atoms. The highest BCUT2D eigenvalue weighted by atomic mass is 32.1. The van der Waals surface area contributed by atoms with Crippen molar-refractivity contribution in [2.45, 2.75) is 31.5 Å². The summed E-state index contributed by atoms with van der Waals surface area (Å²) in [6, 6.07) is 20.7. The number of halogens is 1. The van der Waals surface area contributed by atoms with Crippen LogP contribution >= 0.6 is 11.3 Å². The van der Waals surface area contributed by atoms with Crippen LogP contribution in [0.15, 0.2) is 77.6 Å². The van der Waals surface area contributed by atoms with Gasteiger partial charge in [-0.3, -0.25) is 9.36 Å². The van der Waals surface area contributed by atoms with Gasteiger partial charge in [-0.25, -0.2) is 14.4 Å². The standard InChI is InChI=1S/C32H31FN4O5S/c1-40-22-15-14-20(27(17-22)41-2)18-37-29(23-11-6-7-12-24(23)33)35-30-28(31(37)39)34-32(43-30)36-16-8-13-25(36)26(38)19-42-21-9-4-3-5-10-21/h3-7,9-12,14-15,17,25-26,38H,8,13,16,18-19H2,1-2H3/t25-,26?/m1/s1. The van der Waals surface area contributed by atoms with E-state index in [1.807, 2.05) is 35.2 Å². The number of hydrogen-bond donors (Lipinski definition) is 1. The Hall–Kier alpha value is -4.48. The molecule has 1 aliphatic rings.